The van der Waals surface area contributed by atoms with Gasteiger partial charge in [-0.05, 0) is 5.21 Å². The van der Waals surface area contributed by atoms with Crippen LogP contribution in [-0.2, 0) is 0 Å². The summed E-state index contributed by atoms with van der Waals surface area (Å²) in [6.07, 6.45) is 0. The van der Waals surface area contributed by atoms with Crippen LogP contribution in [0.3, 0.4) is 0 Å². The molecule has 0 aliphatic carbocycles. The van der Waals surface area contributed by atoms with Gasteiger partial charge in [0, 0.05) is 6.07 Å². The largest absolute Gasteiger partial charge is 0.477 e. The maximum atomic E-state index is 10.4. The lowest BCUT2D eigenvalue weighted by molar-refractivity contribution is 0.0690. The van der Waals surface area contributed by atoms with Gasteiger partial charge in [0.15, 0.2) is 0 Å². The molecule has 0 bridgehead atoms. The molecule has 2 heterocycles. The quantitative estimate of drug-likeness (QED) is 0.561. The molecule has 0 fully saturated rings. The van der Waals surface area contributed by atoms with Gasteiger partial charge in [-0.3, -0.25) is 5.10 Å². The zero-order valence-corrected chi connectivity index (χ0v) is 6.22. The fraction of sp³-hybridized carbons (Fsp3) is 0. The molecule has 2 aromatic rings. The van der Waals surface area contributed by atoms with Crippen molar-refractivity contribution in [1.29, 1.82) is 0 Å². The number of hydrogen-bond donors (Lipinski definition) is 3. The second-order valence-electron chi connectivity index (χ2n) is 2.21. The van der Waals surface area contributed by atoms with Crippen LogP contribution >= 0.6 is 0 Å². The second kappa shape index (κ2) is 2.66. The minimum atomic E-state index is -1.08. The van der Waals surface area contributed by atoms with Crippen molar-refractivity contribution in [2.45, 2.75) is 0 Å². The summed E-state index contributed by atoms with van der Waals surface area (Å²) >= 11 is 0. The van der Waals surface area contributed by atoms with Crippen molar-refractivity contribution in [2.75, 3.05) is 0 Å². The molecule has 0 aliphatic heterocycles. The van der Waals surface area contributed by atoms with Crippen LogP contribution in [0.2, 0.25) is 0 Å². The van der Waals surface area contributed by atoms with E-state index in [4.69, 9.17) is 5.11 Å². The van der Waals surface area contributed by atoms with Gasteiger partial charge in [0.1, 0.15) is 11.4 Å². The topological polar surface area (TPSA) is 120 Å². The molecule has 66 valence electrons. The van der Waals surface area contributed by atoms with Gasteiger partial charge in [-0.1, -0.05) is 0 Å². The normalized spacial score (nSPS) is 10.2. The summed E-state index contributed by atoms with van der Waals surface area (Å²) in [6.45, 7) is 0. The van der Waals surface area contributed by atoms with E-state index in [2.05, 4.69) is 30.8 Å². The SMILES string of the molecule is O=C(O)c1cc(-c2nn[nH]n2)n[nH]1. The zero-order valence-electron chi connectivity index (χ0n) is 6.22. The molecular formula is C5H4N6O2. The Kier molecular flexibility index (Phi) is 1.51. The van der Waals surface area contributed by atoms with E-state index >= 15 is 0 Å². The Morgan fingerprint density at radius 2 is 2.31 bits per heavy atom. The lowest BCUT2D eigenvalue weighted by Crippen LogP contribution is -1.95. The van der Waals surface area contributed by atoms with Crippen molar-refractivity contribution in [2.24, 2.45) is 0 Å². The molecule has 8 heteroatoms. The molecule has 0 aliphatic rings. The Labute approximate surface area is 71.0 Å². The number of aromatic amines is 2. The smallest absolute Gasteiger partial charge is 0.353 e. The Morgan fingerprint density at radius 3 is 2.85 bits per heavy atom. The van der Waals surface area contributed by atoms with Crippen molar-refractivity contribution in [1.82, 2.24) is 30.8 Å². The van der Waals surface area contributed by atoms with Gasteiger partial charge >= 0.3 is 5.97 Å². The molecule has 0 aromatic carbocycles. The van der Waals surface area contributed by atoms with Gasteiger partial charge in [-0.15, -0.1) is 10.2 Å². The van der Waals surface area contributed by atoms with Crippen molar-refractivity contribution >= 4 is 5.97 Å². The molecule has 0 radical (unpaired) electrons. The van der Waals surface area contributed by atoms with E-state index in [1.54, 1.807) is 0 Å². The minimum absolute atomic E-state index is 0.0141. The van der Waals surface area contributed by atoms with Crippen LogP contribution in [0, 0.1) is 0 Å². The maximum Gasteiger partial charge on any atom is 0.353 e. The number of nitrogens with zero attached hydrogens (tertiary/aromatic N) is 4. The van der Waals surface area contributed by atoms with E-state index < -0.39 is 5.97 Å². The fourth-order valence-corrected chi connectivity index (χ4v) is 0.816. The lowest BCUT2D eigenvalue weighted by Gasteiger charge is -1.80. The molecule has 3 N–H and O–H groups in total. The summed E-state index contributed by atoms with van der Waals surface area (Å²) in [5.74, 6) is -0.828. The third-order valence-electron chi connectivity index (χ3n) is 1.38. The fourth-order valence-electron chi connectivity index (χ4n) is 0.816. The van der Waals surface area contributed by atoms with Crippen LogP contribution in [-0.4, -0.2) is 41.9 Å². The third kappa shape index (κ3) is 1.24. The average molecular weight is 180 g/mol. The zero-order chi connectivity index (χ0) is 9.26. The Hall–Kier alpha value is -2.25. The molecule has 0 spiro atoms. The van der Waals surface area contributed by atoms with E-state index in [1.165, 1.54) is 6.07 Å². The molecular weight excluding hydrogens is 176 g/mol. The summed E-state index contributed by atoms with van der Waals surface area (Å²) in [6, 6.07) is 1.33. The molecule has 0 unspecified atom stereocenters. The number of hydrogen-bond acceptors (Lipinski definition) is 5. The number of tetrazole rings is 1. The predicted molar refractivity (Wildman–Crippen MR) is 38.7 cm³/mol. The number of aromatic nitrogens is 6. The number of carboxylic acids is 1. The van der Waals surface area contributed by atoms with E-state index in [9.17, 15) is 4.79 Å². The molecule has 0 saturated carbocycles. The second-order valence-corrected chi connectivity index (χ2v) is 2.21. The van der Waals surface area contributed by atoms with Crippen molar-refractivity contribution < 1.29 is 9.90 Å². The molecule has 0 amide bonds. The number of aromatic carboxylic acids is 1. The van der Waals surface area contributed by atoms with Crippen LogP contribution in [0.25, 0.3) is 11.5 Å². The molecule has 2 rings (SSSR count). The highest BCUT2D eigenvalue weighted by Crippen LogP contribution is 2.09. The number of carbonyl (C=O) groups is 1. The number of carboxylic acid groups (broad SMARTS) is 1. The predicted octanol–water partition coefficient (Wildman–Crippen LogP) is -0.712. The first-order valence-corrected chi connectivity index (χ1v) is 3.30. The third-order valence-corrected chi connectivity index (χ3v) is 1.38. The summed E-state index contributed by atoms with van der Waals surface area (Å²) in [5, 5.41) is 27.4. The Balaban J connectivity index is 2.39. The molecule has 0 saturated heterocycles. The van der Waals surface area contributed by atoms with Crippen molar-refractivity contribution in [3.63, 3.8) is 0 Å². The summed E-state index contributed by atoms with van der Waals surface area (Å²) in [5.41, 5.74) is 0.325. The minimum Gasteiger partial charge on any atom is -0.477 e. The van der Waals surface area contributed by atoms with Gasteiger partial charge in [0.05, 0.1) is 0 Å². The number of H-pyrrole nitrogens is 2. The van der Waals surface area contributed by atoms with Crippen molar-refractivity contribution in [3.8, 4) is 11.5 Å². The number of rotatable bonds is 2. The van der Waals surface area contributed by atoms with E-state index in [0.717, 1.165) is 0 Å². The maximum absolute atomic E-state index is 10.4. The first-order valence-electron chi connectivity index (χ1n) is 3.30. The van der Waals surface area contributed by atoms with Gasteiger partial charge in [0.25, 0.3) is 0 Å². The molecule has 8 nitrogen and oxygen atoms in total. The number of nitrogens with one attached hydrogen (secondary N) is 2. The molecule has 2 aromatic heterocycles. The lowest BCUT2D eigenvalue weighted by atomic mass is 10.3. The van der Waals surface area contributed by atoms with E-state index in [1.807, 2.05) is 0 Å². The van der Waals surface area contributed by atoms with Crippen molar-refractivity contribution in [3.05, 3.63) is 11.8 Å². The van der Waals surface area contributed by atoms with Crippen LogP contribution in [0.4, 0.5) is 0 Å². The molecule has 13 heavy (non-hydrogen) atoms. The monoisotopic (exact) mass is 180 g/mol. The standard InChI is InChI=1S/C5H4N6O2/c12-5(13)3-1-2(6-7-3)4-8-10-11-9-4/h1H,(H,6,7)(H,12,13)(H,8,9,10,11). The van der Waals surface area contributed by atoms with Crippen LogP contribution in [0.5, 0.6) is 0 Å². The summed E-state index contributed by atoms with van der Waals surface area (Å²) in [4.78, 5) is 10.4. The molecule has 0 atom stereocenters. The summed E-state index contributed by atoms with van der Waals surface area (Å²) < 4.78 is 0. The van der Waals surface area contributed by atoms with E-state index in [0.29, 0.717) is 5.69 Å². The van der Waals surface area contributed by atoms with Gasteiger partial charge < -0.3 is 5.11 Å². The first-order chi connectivity index (χ1) is 6.27. The first kappa shape index (κ1) is 7.40. The summed E-state index contributed by atoms with van der Waals surface area (Å²) in [7, 11) is 0. The van der Waals surface area contributed by atoms with E-state index in [-0.39, 0.29) is 11.5 Å². The van der Waals surface area contributed by atoms with Gasteiger partial charge in [-0.25, -0.2) is 4.79 Å². The van der Waals surface area contributed by atoms with Crippen LogP contribution in [0.15, 0.2) is 6.07 Å². The van der Waals surface area contributed by atoms with Crippen LogP contribution in [0.1, 0.15) is 10.5 Å². The Morgan fingerprint density at radius 1 is 1.46 bits per heavy atom. The van der Waals surface area contributed by atoms with Gasteiger partial charge in [-0.2, -0.15) is 10.3 Å². The van der Waals surface area contributed by atoms with Crippen LogP contribution < -0.4 is 0 Å². The Bertz CT molecular complexity index is 418. The highest BCUT2D eigenvalue weighted by molar-refractivity contribution is 5.86. The van der Waals surface area contributed by atoms with Gasteiger partial charge in [0.2, 0.25) is 5.82 Å². The highest BCUT2D eigenvalue weighted by Gasteiger charge is 2.11. The highest BCUT2D eigenvalue weighted by atomic mass is 16.4. The average Bonchev–Trinajstić information content (AvgIpc) is 2.75.